The van der Waals surface area contributed by atoms with Gasteiger partial charge in [-0.15, -0.1) is 0 Å². The number of ether oxygens (including phenoxy) is 1. The van der Waals surface area contributed by atoms with Gasteiger partial charge in [-0.3, -0.25) is 4.79 Å². The number of methoxy groups -OCH3 is 1. The van der Waals surface area contributed by atoms with Gasteiger partial charge < -0.3 is 15.2 Å². The van der Waals surface area contributed by atoms with E-state index in [0.29, 0.717) is 11.3 Å². The fourth-order valence-electron chi connectivity index (χ4n) is 1.21. The number of rotatable bonds is 5. The summed E-state index contributed by atoms with van der Waals surface area (Å²) in [4.78, 5) is 10.6. The first kappa shape index (κ1) is 13.7. The Morgan fingerprint density at radius 1 is 1.65 bits per heavy atom. The van der Waals surface area contributed by atoms with Crippen molar-refractivity contribution < 1.29 is 19.0 Å². The van der Waals surface area contributed by atoms with Crippen molar-refractivity contribution in [3.05, 3.63) is 28.5 Å². The van der Waals surface area contributed by atoms with Gasteiger partial charge in [-0.05, 0) is 19.1 Å². The first-order chi connectivity index (χ1) is 7.95. The van der Waals surface area contributed by atoms with Crippen LogP contribution in [-0.4, -0.2) is 24.2 Å². The second-order valence-electron chi connectivity index (χ2n) is 3.52. The fourth-order valence-corrected chi connectivity index (χ4v) is 1.44. The summed E-state index contributed by atoms with van der Waals surface area (Å²) in [5.74, 6) is -1.14. The monoisotopic (exact) mass is 261 g/mol. The Morgan fingerprint density at radius 2 is 2.29 bits per heavy atom. The Bertz CT molecular complexity index is 425. The maximum absolute atomic E-state index is 13.5. The van der Waals surface area contributed by atoms with Crippen molar-refractivity contribution >= 4 is 17.6 Å². The van der Waals surface area contributed by atoms with E-state index in [9.17, 15) is 9.18 Å². The summed E-state index contributed by atoms with van der Waals surface area (Å²) in [5.41, 5.74) is 0.305. The molecule has 1 rings (SSSR count). The number of hydrogen-bond donors (Lipinski definition) is 2. The van der Waals surface area contributed by atoms with E-state index in [1.165, 1.54) is 20.1 Å². The molecule has 0 fully saturated rings. The average molecular weight is 262 g/mol. The maximum Gasteiger partial charge on any atom is 0.320 e. The molecule has 1 aromatic rings. The molecule has 0 spiro atoms. The summed E-state index contributed by atoms with van der Waals surface area (Å²) in [5, 5.41) is 11.5. The van der Waals surface area contributed by atoms with Crippen LogP contribution in [0.25, 0.3) is 0 Å². The van der Waals surface area contributed by atoms with Crippen molar-refractivity contribution in [3.8, 4) is 5.75 Å². The quantitative estimate of drug-likeness (QED) is 0.852. The van der Waals surface area contributed by atoms with Crippen LogP contribution in [0.2, 0.25) is 5.02 Å². The zero-order valence-electron chi connectivity index (χ0n) is 9.46. The molecular formula is C11H13ClFNO3. The number of benzene rings is 1. The minimum Gasteiger partial charge on any atom is -0.495 e. The molecule has 0 saturated heterocycles. The van der Waals surface area contributed by atoms with Gasteiger partial charge in [0.1, 0.15) is 17.6 Å². The Balaban J connectivity index is 2.80. The van der Waals surface area contributed by atoms with Crippen molar-refractivity contribution in [2.45, 2.75) is 19.5 Å². The van der Waals surface area contributed by atoms with Gasteiger partial charge in [-0.1, -0.05) is 11.6 Å². The van der Waals surface area contributed by atoms with E-state index in [1.54, 1.807) is 0 Å². The summed E-state index contributed by atoms with van der Waals surface area (Å²) in [6.45, 7) is 1.57. The van der Waals surface area contributed by atoms with Crippen LogP contribution in [0.5, 0.6) is 5.75 Å². The van der Waals surface area contributed by atoms with Crippen LogP contribution >= 0.6 is 11.6 Å². The van der Waals surface area contributed by atoms with Crippen LogP contribution < -0.4 is 10.1 Å². The average Bonchev–Trinajstić information content (AvgIpc) is 2.27. The molecule has 0 aromatic heterocycles. The first-order valence-corrected chi connectivity index (χ1v) is 5.31. The molecule has 1 atom stereocenters. The van der Waals surface area contributed by atoms with Crippen molar-refractivity contribution in [3.63, 3.8) is 0 Å². The van der Waals surface area contributed by atoms with Crippen molar-refractivity contribution in [2.75, 3.05) is 7.11 Å². The van der Waals surface area contributed by atoms with Gasteiger partial charge in [-0.2, -0.15) is 0 Å². The molecule has 94 valence electrons. The summed E-state index contributed by atoms with van der Waals surface area (Å²) in [7, 11) is 1.43. The van der Waals surface area contributed by atoms with Gasteiger partial charge in [0.15, 0.2) is 0 Å². The Morgan fingerprint density at radius 3 is 2.82 bits per heavy atom. The minimum atomic E-state index is -0.994. The van der Waals surface area contributed by atoms with Crippen LogP contribution in [0.15, 0.2) is 12.1 Å². The lowest BCUT2D eigenvalue weighted by atomic mass is 10.2. The van der Waals surface area contributed by atoms with Gasteiger partial charge in [0.25, 0.3) is 0 Å². The van der Waals surface area contributed by atoms with E-state index >= 15 is 0 Å². The smallest absolute Gasteiger partial charge is 0.320 e. The molecule has 0 aliphatic heterocycles. The Kier molecular flexibility index (Phi) is 4.72. The highest BCUT2D eigenvalue weighted by Gasteiger charge is 2.13. The number of halogens is 2. The van der Waals surface area contributed by atoms with Gasteiger partial charge >= 0.3 is 5.97 Å². The molecule has 6 heteroatoms. The largest absolute Gasteiger partial charge is 0.495 e. The highest BCUT2D eigenvalue weighted by molar-refractivity contribution is 6.32. The molecule has 0 aliphatic rings. The predicted molar refractivity (Wildman–Crippen MR) is 61.9 cm³/mol. The van der Waals surface area contributed by atoms with Crippen molar-refractivity contribution in [2.24, 2.45) is 0 Å². The molecule has 0 bridgehead atoms. The van der Waals surface area contributed by atoms with Gasteiger partial charge in [0.2, 0.25) is 0 Å². The number of carbonyl (C=O) groups is 1. The van der Waals surface area contributed by atoms with E-state index in [2.05, 4.69) is 5.32 Å². The molecule has 17 heavy (non-hydrogen) atoms. The minimum absolute atomic E-state index is 0.0901. The second-order valence-corrected chi connectivity index (χ2v) is 3.93. The topological polar surface area (TPSA) is 58.6 Å². The van der Waals surface area contributed by atoms with E-state index < -0.39 is 17.8 Å². The molecule has 0 unspecified atom stereocenters. The van der Waals surface area contributed by atoms with E-state index in [1.807, 2.05) is 0 Å². The van der Waals surface area contributed by atoms with Crippen LogP contribution in [0.1, 0.15) is 12.5 Å². The predicted octanol–water partition coefficient (Wildman–Crippen LogP) is 2.05. The molecule has 0 radical (unpaired) electrons. The second kappa shape index (κ2) is 5.84. The van der Waals surface area contributed by atoms with Crippen LogP contribution in [0.4, 0.5) is 4.39 Å². The zero-order chi connectivity index (χ0) is 13.0. The van der Waals surface area contributed by atoms with Crippen LogP contribution in [0.3, 0.4) is 0 Å². The Hall–Kier alpha value is -1.33. The van der Waals surface area contributed by atoms with Crippen molar-refractivity contribution in [1.29, 1.82) is 0 Å². The van der Waals surface area contributed by atoms with Gasteiger partial charge in [0, 0.05) is 12.1 Å². The number of aliphatic carboxylic acids is 1. The standard InChI is InChI=1S/C11H13ClFNO3/c1-6(11(15)16)14-5-7-3-10(17-2)8(12)4-9(7)13/h3-4,6,14H,5H2,1-2H3,(H,15,16)/t6-/m1/s1. The molecule has 1 aromatic carbocycles. The molecule has 0 amide bonds. The van der Waals surface area contributed by atoms with Gasteiger partial charge in [0.05, 0.1) is 12.1 Å². The number of carboxylic acid groups (broad SMARTS) is 1. The molecule has 0 aliphatic carbocycles. The summed E-state index contributed by atoms with van der Waals surface area (Å²) >= 11 is 5.74. The fraction of sp³-hybridized carbons (Fsp3) is 0.364. The van der Waals surface area contributed by atoms with E-state index in [-0.39, 0.29) is 11.6 Å². The van der Waals surface area contributed by atoms with Gasteiger partial charge in [-0.25, -0.2) is 4.39 Å². The lowest BCUT2D eigenvalue weighted by molar-refractivity contribution is -0.139. The normalized spacial score (nSPS) is 12.2. The van der Waals surface area contributed by atoms with Crippen molar-refractivity contribution in [1.82, 2.24) is 5.32 Å². The lowest BCUT2D eigenvalue weighted by Crippen LogP contribution is -2.33. The summed E-state index contributed by atoms with van der Waals surface area (Å²) < 4.78 is 18.4. The van der Waals surface area contributed by atoms with E-state index in [4.69, 9.17) is 21.4 Å². The summed E-state index contributed by atoms with van der Waals surface area (Å²) in [6.07, 6.45) is 0. The molecule has 4 nitrogen and oxygen atoms in total. The molecule has 0 saturated carbocycles. The lowest BCUT2D eigenvalue weighted by Gasteiger charge is -2.11. The highest BCUT2D eigenvalue weighted by atomic mass is 35.5. The molecular weight excluding hydrogens is 249 g/mol. The Labute approximate surface area is 103 Å². The SMILES string of the molecule is COc1cc(CN[C@H](C)C(=O)O)c(F)cc1Cl. The third-order valence-corrected chi connectivity index (χ3v) is 2.59. The number of hydrogen-bond acceptors (Lipinski definition) is 3. The summed E-state index contributed by atoms with van der Waals surface area (Å²) in [6, 6.07) is 1.83. The third kappa shape index (κ3) is 3.57. The number of nitrogens with one attached hydrogen (secondary N) is 1. The molecule has 2 N–H and O–H groups in total. The maximum atomic E-state index is 13.5. The molecule has 0 heterocycles. The van der Waals surface area contributed by atoms with Crippen LogP contribution in [0, 0.1) is 5.82 Å². The number of carboxylic acids is 1. The van der Waals surface area contributed by atoms with E-state index in [0.717, 1.165) is 6.07 Å². The highest BCUT2D eigenvalue weighted by Crippen LogP contribution is 2.27. The zero-order valence-corrected chi connectivity index (χ0v) is 10.2. The van der Waals surface area contributed by atoms with Crippen LogP contribution in [-0.2, 0) is 11.3 Å². The third-order valence-electron chi connectivity index (χ3n) is 2.29. The first-order valence-electron chi connectivity index (χ1n) is 4.93.